The zero-order valence-electron chi connectivity index (χ0n) is 5.65. The molecule has 0 aliphatic heterocycles. The molecule has 0 radical (unpaired) electrons. The number of hydrogen-bond donors (Lipinski definition) is 0. The normalized spacial score (nSPS) is 10.0. The average molecular weight is 205 g/mol. The van der Waals surface area contributed by atoms with Crippen LogP contribution in [0.3, 0.4) is 0 Å². The molecule has 0 saturated carbocycles. The molecule has 0 bridgehead atoms. The third kappa shape index (κ3) is 6.80. The van der Waals surface area contributed by atoms with Crippen molar-refractivity contribution in [2.45, 2.75) is 35.6 Å². The zero-order chi connectivity index (χ0) is 5.86. The molecule has 0 aromatic heterocycles. The van der Waals surface area contributed by atoms with Gasteiger partial charge in [0.15, 0.2) is 0 Å². The summed E-state index contributed by atoms with van der Waals surface area (Å²) in [5.41, 5.74) is 0. The zero-order valence-corrected chi connectivity index (χ0v) is 8.51. The van der Waals surface area contributed by atoms with Gasteiger partial charge in [-0.1, -0.05) is 0 Å². The van der Waals surface area contributed by atoms with E-state index in [4.69, 9.17) is 0 Å². The molecule has 0 amide bonds. The van der Waals surface area contributed by atoms with Crippen LogP contribution in [0.5, 0.6) is 0 Å². The Bertz CT molecular complexity index is 33.4. The van der Waals surface area contributed by atoms with Crippen LogP contribution in [0.25, 0.3) is 0 Å². The van der Waals surface area contributed by atoms with Crippen molar-refractivity contribution in [1.29, 1.82) is 0 Å². The molecule has 0 heterocycles. The van der Waals surface area contributed by atoms with E-state index in [0.29, 0.717) is 0 Å². The monoisotopic (exact) mass is 206 g/mol. The summed E-state index contributed by atoms with van der Waals surface area (Å²) >= 11 is 0.0389. The molecule has 0 atom stereocenters. The van der Waals surface area contributed by atoms with Crippen molar-refractivity contribution >= 4 is 21.1 Å². The van der Waals surface area contributed by atoms with Gasteiger partial charge in [-0.25, -0.2) is 0 Å². The van der Waals surface area contributed by atoms with E-state index in [1.54, 1.807) is 0 Å². The van der Waals surface area contributed by atoms with Crippen LogP contribution in [-0.4, -0.2) is 21.1 Å². The standard InChI is InChI=1S/2C3H7.Sn/c2*1-3-2;/h2*3H,1-2H3;/q;;+2. The molecule has 0 nitrogen and oxygen atoms in total. The average Bonchev–Trinajstić information content (AvgIpc) is 1.27. The molecule has 7 heavy (non-hydrogen) atoms. The van der Waals surface area contributed by atoms with Crippen LogP contribution in [-0.2, 0) is 0 Å². The van der Waals surface area contributed by atoms with Crippen LogP contribution >= 0.6 is 0 Å². The Morgan fingerprint density at radius 1 is 0.857 bits per heavy atom. The van der Waals surface area contributed by atoms with Crippen LogP contribution in [0.2, 0.25) is 7.87 Å². The van der Waals surface area contributed by atoms with Gasteiger partial charge < -0.3 is 0 Å². The molecule has 0 N–H and O–H groups in total. The molecule has 0 spiro atoms. The van der Waals surface area contributed by atoms with Gasteiger partial charge in [0.2, 0.25) is 0 Å². The van der Waals surface area contributed by atoms with Gasteiger partial charge in [0.25, 0.3) is 0 Å². The van der Waals surface area contributed by atoms with Crippen molar-refractivity contribution in [3.05, 3.63) is 0 Å². The summed E-state index contributed by atoms with van der Waals surface area (Å²) in [6, 6.07) is 0. The van der Waals surface area contributed by atoms with Gasteiger partial charge in [-0.3, -0.25) is 0 Å². The first-order valence-electron chi connectivity index (χ1n) is 2.89. The van der Waals surface area contributed by atoms with Crippen molar-refractivity contribution in [2.24, 2.45) is 0 Å². The van der Waals surface area contributed by atoms with Crippen LogP contribution < -0.4 is 0 Å². The van der Waals surface area contributed by atoms with Crippen molar-refractivity contribution in [3.63, 3.8) is 0 Å². The molecule has 0 aromatic carbocycles. The van der Waals surface area contributed by atoms with Gasteiger partial charge >= 0.3 is 56.7 Å². The van der Waals surface area contributed by atoms with Crippen LogP contribution in [0.15, 0.2) is 0 Å². The molecule has 40 valence electrons. The Hall–Kier alpha value is 0.799. The second kappa shape index (κ2) is 3.76. The predicted octanol–water partition coefficient (Wildman–Crippen LogP) is 2.35. The first-order valence-corrected chi connectivity index (χ1v) is 6.18. The summed E-state index contributed by atoms with van der Waals surface area (Å²) in [6.07, 6.45) is 0. The molecule has 0 aromatic rings. The number of rotatable bonds is 2. The fourth-order valence-corrected chi connectivity index (χ4v) is 4.47. The molecular weight excluding hydrogens is 191 g/mol. The molecule has 0 aliphatic carbocycles. The Morgan fingerprint density at radius 2 is 1.14 bits per heavy atom. The first kappa shape index (κ1) is 7.80. The fourth-order valence-electron chi connectivity index (χ4n) is 0.667. The van der Waals surface area contributed by atoms with E-state index >= 15 is 0 Å². The van der Waals surface area contributed by atoms with Crippen LogP contribution in [0.1, 0.15) is 27.7 Å². The van der Waals surface area contributed by atoms with E-state index in [9.17, 15) is 0 Å². The Labute approximate surface area is 56.9 Å². The molecule has 0 unspecified atom stereocenters. The minimum atomic E-state index is 0.0389. The van der Waals surface area contributed by atoms with Crippen molar-refractivity contribution < 1.29 is 0 Å². The summed E-state index contributed by atoms with van der Waals surface area (Å²) in [5.74, 6) is 0. The van der Waals surface area contributed by atoms with E-state index < -0.39 is 0 Å². The third-order valence-corrected chi connectivity index (χ3v) is 4.47. The first-order chi connectivity index (χ1) is 3.13. The third-order valence-electron chi connectivity index (χ3n) is 0.667. The topological polar surface area (TPSA) is 0 Å². The predicted molar refractivity (Wildman–Crippen MR) is 35.9 cm³/mol. The minimum absolute atomic E-state index is 0.0389. The van der Waals surface area contributed by atoms with Gasteiger partial charge in [-0.15, -0.1) is 0 Å². The van der Waals surface area contributed by atoms with E-state index in [0.717, 1.165) is 7.87 Å². The summed E-state index contributed by atoms with van der Waals surface area (Å²) in [7, 11) is 0. The molecular formula is C6H14Sn+2. The van der Waals surface area contributed by atoms with Gasteiger partial charge in [-0.2, -0.15) is 0 Å². The van der Waals surface area contributed by atoms with E-state index in [1.807, 2.05) is 0 Å². The fraction of sp³-hybridized carbons (Fsp3) is 1.00. The molecule has 0 saturated heterocycles. The van der Waals surface area contributed by atoms with Gasteiger partial charge in [0.05, 0.1) is 0 Å². The molecule has 1 heteroatoms. The summed E-state index contributed by atoms with van der Waals surface area (Å²) in [4.78, 5) is 0. The van der Waals surface area contributed by atoms with E-state index in [-0.39, 0.29) is 21.1 Å². The Morgan fingerprint density at radius 3 is 1.14 bits per heavy atom. The molecule has 0 rings (SSSR count). The van der Waals surface area contributed by atoms with Crippen LogP contribution in [0, 0.1) is 0 Å². The van der Waals surface area contributed by atoms with Crippen molar-refractivity contribution in [1.82, 2.24) is 0 Å². The van der Waals surface area contributed by atoms with Crippen molar-refractivity contribution in [2.75, 3.05) is 0 Å². The van der Waals surface area contributed by atoms with Gasteiger partial charge in [0, 0.05) is 0 Å². The van der Waals surface area contributed by atoms with Crippen LogP contribution in [0.4, 0.5) is 0 Å². The van der Waals surface area contributed by atoms with Gasteiger partial charge in [-0.05, 0) is 0 Å². The Kier molecular flexibility index (Phi) is 4.19. The quantitative estimate of drug-likeness (QED) is 0.606. The van der Waals surface area contributed by atoms with E-state index in [2.05, 4.69) is 27.7 Å². The molecule has 0 fully saturated rings. The van der Waals surface area contributed by atoms with Crippen molar-refractivity contribution in [3.8, 4) is 0 Å². The summed E-state index contributed by atoms with van der Waals surface area (Å²) < 4.78 is 2.09. The maximum atomic E-state index is 2.34. The molecule has 0 aliphatic rings. The maximum absolute atomic E-state index is 2.34. The number of hydrogen-bond acceptors (Lipinski definition) is 0. The summed E-state index contributed by atoms with van der Waals surface area (Å²) in [6.45, 7) is 9.36. The second-order valence-corrected chi connectivity index (χ2v) is 10.0. The summed E-state index contributed by atoms with van der Waals surface area (Å²) in [5, 5.41) is 0. The Balaban J connectivity index is 2.95. The second-order valence-electron chi connectivity index (χ2n) is 2.48. The van der Waals surface area contributed by atoms with E-state index in [1.165, 1.54) is 0 Å². The van der Waals surface area contributed by atoms with Gasteiger partial charge in [0.1, 0.15) is 0 Å². The SMILES string of the molecule is C[CH](C)[Sn+2][CH](C)C.